The second-order valence-corrected chi connectivity index (χ2v) is 6.70. The lowest BCUT2D eigenvalue weighted by Crippen LogP contribution is -2.51. The van der Waals surface area contributed by atoms with Crippen LogP contribution in [0, 0.1) is 5.82 Å². The van der Waals surface area contributed by atoms with Crippen LogP contribution in [0.2, 0.25) is 0 Å². The molecule has 0 saturated carbocycles. The van der Waals surface area contributed by atoms with E-state index in [0.717, 1.165) is 6.26 Å². The van der Waals surface area contributed by atoms with Crippen LogP contribution in [0.3, 0.4) is 0 Å². The molecule has 1 amide bonds. The molecule has 19 heavy (non-hydrogen) atoms. The molecule has 0 heterocycles. The molecular weight excluding hydrogens is 271 g/mol. The van der Waals surface area contributed by atoms with Gasteiger partial charge in [-0.05, 0) is 38.1 Å². The highest BCUT2D eigenvalue weighted by Gasteiger charge is 2.22. The summed E-state index contributed by atoms with van der Waals surface area (Å²) >= 11 is 0. The van der Waals surface area contributed by atoms with E-state index in [1.807, 2.05) is 0 Å². The molecule has 0 unspecified atom stereocenters. The topological polar surface area (TPSA) is 75.3 Å². The minimum atomic E-state index is -3.35. The summed E-state index contributed by atoms with van der Waals surface area (Å²) in [4.78, 5) is 11.8. The highest BCUT2D eigenvalue weighted by atomic mass is 32.2. The van der Waals surface area contributed by atoms with Gasteiger partial charge in [0.1, 0.15) is 5.82 Å². The molecule has 5 nitrogen and oxygen atoms in total. The Balaban J connectivity index is 2.61. The lowest BCUT2D eigenvalue weighted by Gasteiger charge is -2.25. The summed E-state index contributed by atoms with van der Waals surface area (Å²) in [5.74, 6) is -0.806. The van der Waals surface area contributed by atoms with Gasteiger partial charge in [0.15, 0.2) is 0 Å². The predicted molar refractivity (Wildman–Crippen MR) is 70.8 cm³/mol. The smallest absolute Gasteiger partial charge is 0.251 e. The fraction of sp³-hybridized carbons (Fsp3) is 0.417. The van der Waals surface area contributed by atoms with Gasteiger partial charge in [-0.25, -0.2) is 17.5 Å². The fourth-order valence-electron chi connectivity index (χ4n) is 1.54. The molecule has 0 fully saturated rings. The van der Waals surface area contributed by atoms with Gasteiger partial charge in [-0.15, -0.1) is 0 Å². The number of carbonyl (C=O) groups excluding carboxylic acids is 1. The zero-order valence-electron chi connectivity index (χ0n) is 11.0. The van der Waals surface area contributed by atoms with E-state index in [9.17, 15) is 17.6 Å². The number of nitrogens with one attached hydrogen (secondary N) is 2. The molecule has 2 N–H and O–H groups in total. The number of amides is 1. The summed E-state index contributed by atoms with van der Waals surface area (Å²) in [6, 6.07) is 5.10. The number of hydrogen-bond acceptors (Lipinski definition) is 3. The molecule has 1 aromatic carbocycles. The number of benzene rings is 1. The summed E-state index contributed by atoms with van der Waals surface area (Å²) in [6.07, 6.45) is 1.05. The van der Waals surface area contributed by atoms with Crippen LogP contribution in [0.25, 0.3) is 0 Å². The highest BCUT2D eigenvalue weighted by Crippen LogP contribution is 2.05. The van der Waals surface area contributed by atoms with Gasteiger partial charge in [0.25, 0.3) is 5.91 Å². The van der Waals surface area contributed by atoms with Gasteiger partial charge in [0, 0.05) is 17.6 Å². The summed E-state index contributed by atoms with van der Waals surface area (Å²) in [5, 5.41) is 2.59. The van der Waals surface area contributed by atoms with Crippen molar-refractivity contribution in [3.8, 4) is 0 Å². The Labute approximate surface area is 112 Å². The maximum atomic E-state index is 12.7. The third kappa shape index (κ3) is 5.80. The summed E-state index contributed by atoms with van der Waals surface area (Å²) in [5.41, 5.74) is -0.486. The van der Waals surface area contributed by atoms with Crippen molar-refractivity contribution >= 4 is 15.9 Å². The Morgan fingerprint density at radius 2 is 1.79 bits per heavy atom. The standard InChI is InChI=1S/C12H17FN2O3S/c1-12(2,15-19(3,17)18)8-14-11(16)9-4-6-10(13)7-5-9/h4-7,15H,8H2,1-3H3,(H,14,16). The Hall–Kier alpha value is -1.47. The fourth-order valence-corrected chi connectivity index (χ4v) is 2.62. The van der Waals surface area contributed by atoms with Crippen molar-refractivity contribution in [1.82, 2.24) is 10.0 Å². The normalized spacial score (nSPS) is 12.2. The van der Waals surface area contributed by atoms with E-state index in [-0.39, 0.29) is 12.5 Å². The Morgan fingerprint density at radius 3 is 2.26 bits per heavy atom. The average Bonchev–Trinajstić information content (AvgIpc) is 2.24. The van der Waals surface area contributed by atoms with Crippen molar-refractivity contribution in [2.75, 3.05) is 12.8 Å². The van der Waals surface area contributed by atoms with Crippen molar-refractivity contribution in [2.45, 2.75) is 19.4 Å². The molecular formula is C12H17FN2O3S. The highest BCUT2D eigenvalue weighted by molar-refractivity contribution is 7.88. The number of carbonyl (C=O) groups is 1. The molecule has 0 aliphatic rings. The van der Waals surface area contributed by atoms with Crippen molar-refractivity contribution < 1.29 is 17.6 Å². The number of hydrogen-bond donors (Lipinski definition) is 2. The lowest BCUT2D eigenvalue weighted by molar-refractivity contribution is 0.0944. The Morgan fingerprint density at radius 1 is 1.26 bits per heavy atom. The molecule has 0 spiro atoms. The van der Waals surface area contributed by atoms with Gasteiger partial charge in [-0.3, -0.25) is 4.79 Å². The molecule has 106 valence electrons. The third-order valence-electron chi connectivity index (χ3n) is 2.26. The van der Waals surface area contributed by atoms with Gasteiger partial charge in [-0.1, -0.05) is 0 Å². The third-order valence-corrected chi connectivity index (χ3v) is 3.18. The van der Waals surface area contributed by atoms with Crippen molar-refractivity contribution in [1.29, 1.82) is 0 Å². The minimum absolute atomic E-state index is 0.121. The maximum Gasteiger partial charge on any atom is 0.251 e. The van der Waals surface area contributed by atoms with Crippen LogP contribution in [-0.2, 0) is 10.0 Å². The summed E-state index contributed by atoms with van der Waals surface area (Å²) < 4.78 is 37.4. The van der Waals surface area contributed by atoms with Crippen molar-refractivity contribution in [3.63, 3.8) is 0 Å². The van der Waals surface area contributed by atoms with Crippen molar-refractivity contribution in [2.24, 2.45) is 0 Å². The number of sulfonamides is 1. The van der Waals surface area contributed by atoms with Crippen LogP contribution in [0.4, 0.5) is 4.39 Å². The van der Waals surface area contributed by atoms with Gasteiger partial charge in [0.2, 0.25) is 10.0 Å². The quantitative estimate of drug-likeness (QED) is 0.844. The van der Waals surface area contributed by atoms with Gasteiger partial charge >= 0.3 is 0 Å². The summed E-state index contributed by atoms with van der Waals surface area (Å²) in [6.45, 7) is 3.42. The molecule has 0 saturated heterocycles. The molecule has 0 aromatic heterocycles. The second kappa shape index (κ2) is 5.66. The van der Waals surface area contributed by atoms with Crippen LogP contribution >= 0.6 is 0 Å². The second-order valence-electron chi connectivity index (χ2n) is 4.95. The van der Waals surface area contributed by atoms with Crippen LogP contribution in [0.5, 0.6) is 0 Å². The van der Waals surface area contributed by atoms with E-state index in [0.29, 0.717) is 5.56 Å². The first kappa shape index (κ1) is 15.6. The van der Waals surface area contributed by atoms with Gasteiger partial charge in [-0.2, -0.15) is 0 Å². The van der Waals surface area contributed by atoms with Gasteiger partial charge in [0.05, 0.1) is 6.26 Å². The van der Waals surface area contributed by atoms with E-state index >= 15 is 0 Å². The molecule has 1 aromatic rings. The molecule has 0 aliphatic carbocycles. The first-order chi connectivity index (χ1) is 8.59. The predicted octanol–water partition coefficient (Wildman–Crippen LogP) is 0.883. The molecule has 7 heteroatoms. The van der Waals surface area contributed by atoms with E-state index < -0.39 is 21.4 Å². The van der Waals surface area contributed by atoms with Crippen molar-refractivity contribution in [3.05, 3.63) is 35.6 Å². The molecule has 1 rings (SSSR count). The molecule has 0 atom stereocenters. The summed E-state index contributed by atoms with van der Waals surface area (Å²) in [7, 11) is -3.35. The average molecular weight is 288 g/mol. The Kier molecular flexibility index (Phi) is 4.65. The van der Waals surface area contributed by atoms with Crippen LogP contribution in [-0.4, -0.2) is 32.7 Å². The molecule has 0 bridgehead atoms. The van der Waals surface area contributed by atoms with Crippen LogP contribution in [0.15, 0.2) is 24.3 Å². The van der Waals surface area contributed by atoms with E-state index in [1.165, 1.54) is 24.3 Å². The van der Waals surface area contributed by atoms with Crippen LogP contribution < -0.4 is 10.0 Å². The molecule has 0 radical (unpaired) electrons. The monoisotopic (exact) mass is 288 g/mol. The minimum Gasteiger partial charge on any atom is -0.350 e. The maximum absolute atomic E-state index is 12.7. The first-order valence-corrected chi connectivity index (χ1v) is 7.51. The SMILES string of the molecule is CC(C)(CNC(=O)c1ccc(F)cc1)NS(C)(=O)=O. The Bertz CT molecular complexity index is 553. The lowest BCUT2D eigenvalue weighted by atomic mass is 10.1. The van der Waals surface area contributed by atoms with E-state index in [4.69, 9.17) is 0 Å². The molecule has 0 aliphatic heterocycles. The number of rotatable bonds is 5. The zero-order valence-corrected chi connectivity index (χ0v) is 11.8. The van der Waals surface area contributed by atoms with E-state index in [1.54, 1.807) is 13.8 Å². The van der Waals surface area contributed by atoms with E-state index in [2.05, 4.69) is 10.0 Å². The first-order valence-electron chi connectivity index (χ1n) is 5.62. The van der Waals surface area contributed by atoms with Crippen LogP contribution in [0.1, 0.15) is 24.2 Å². The number of halogens is 1. The zero-order chi connectivity index (χ0) is 14.7. The van der Waals surface area contributed by atoms with Gasteiger partial charge < -0.3 is 5.32 Å². The largest absolute Gasteiger partial charge is 0.350 e.